The summed E-state index contributed by atoms with van der Waals surface area (Å²) in [6.07, 6.45) is 3.69. The molecule has 0 aromatic heterocycles. The Morgan fingerprint density at radius 3 is 2.39 bits per heavy atom. The van der Waals surface area contributed by atoms with E-state index in [2.05, 4.69) is 0 Å². The highest BCUT2D eigenvalue weighted by Crippen LogP contribution is 2.30. The van der Waals surface area contributed by atoms with E-state index in [9.17, 15) is 4.79 Å². The highest BCUT2D eigenvalue weighted by molar-refractivity contribution is 6.39. The van der Waals surface area contributed by atoms with Crippen LogP contribution in [0.15, 0.2) is 12.1 Å². The Hall–Kier alpha value is -0.930. The van der Waals surface area contributed by atoms with Gasteiger partial charge in [0, 0.05) is 19.2 Å². The number of hydrogen-bond acceptors (Lipinski definition) is 2. The Balaban J connectivity index is 2.12. The second-order valence-corrected chi connectivity index (χ2v) is 5.65. The van der Waals surface area contributed by atoms with Gasteiger partial charge in [-0.25, -0.2) is 0 Å². The lowest BCUT2D eigenvalue weighted by Gasteiger charge is -2.30. The molecule has 1 aromatic rings. The van der Waals surface area contributed by atoms with Crippen LogP contribution >= 0.6 is 23.2 Å². The third-order valence-corrected chi connectivity index (χ3v) is 4.05. The van der Waals surface area contributed by atoms with Gasteiger partial charge in [-0.1, -0.05) is 29.6 Å². The van der Waals surface area contributed by atoms with Gasteiger partial charge in [-0.2, -0.15) is 0 Å². The monoisotopic (exact) mass is 286 g/mol. The first-order valence-electron chi connectivity index (χ1n) is 5.99. The Morgan fingerprint density at radius 2 is 1.94 bits per heavy atom. The van der Waals surface area contributed by atoms with Gasteiger partial charge in [-0.05, 0) is 30.9 Å². The van der Waals surface area contributed by atoms with Crippen LogP contribution in [0, 0.1) is 5.92 Å². The number of nitrogen functional groups attached to an aromatic ring is 1. The largest absolute Gasteiger partial charge is 0.396 e. The lowest BCUT2D eigenvalue weighted by molar-refractivity contribution is 0.0745. The predicted molar refractivity (Wildman–Crippen MR) is 75.2 cm³/mol. The molecule has 2 rings (SSSR count). The molecule has 0 radical (unpaired) electrons. The summed E-state index contributed by atoms with van der Waals surface area (Å²) < 4.78 is 0. The number of carbonyl (C=O) groups is 1. The summed E-state index contributed by atoms with van der Waals surface area (Å²) in [4.78, 5) is 13.9. The molecule has 2 N–H and O–H groups in total. The summed E-state index contributed by atoms with van der Waals surface area (Å²) in [6.45, 7) is 0.790. The first-order chi connectivity index (χ1) is 8.49. The number of carbonyl (C=O) groups excluding carboxylic acids is 1. The van der Waals surface area contributed by atoms with E-state index in [1.807, 2.05) is 0 Å². The summed E-state index contributed by atoms with van der Waals surface area (Å²) >= 11 is 11.9. The van der Waals surface area contributed by atoms with E-state index >= 15 is 0 Å². The second kappa shape index (κ2) is 5.37. The van der Waals surface area contributed by atoms with Crippen molar-refractivity contribution in [2.45, 2.75) is 19.3 Å². The Morgan fingerprint density at radius 1 is 1.39 bits per heavy atom. The van der Waals surface area contributed by atoms with Crippen molar-refractivity contribution in [3.63, 3.8) is 0 Å². The Labute approximate surface area is 117 Å². The number of amides is 1. The molecule has 0 heterocycles. The average Bonchev–Trinajstić information content (AvgIpc) is 2.28. The van der Waals surface area contributed by atoms with E-state index < -0.39 is 0 Å². The molecule has 0 bridgehead atoms. The van der Waals surface area contributed by atoms with E-state index in [4.69, 9.17) is 28.9 Å². The second-order valence-electron chi connectivity index (χ2n) is 4.84. The van der Waals surface area contributed by atoms with Crippen molar-refractivity contribution in [2.75, 3.05) is 19.3 Å². The zero-order chi connectivity index (χ0) is 13.3. The number of hydrogen-bond donors (Lipinski definition) is 1. The van der Waals surface area contributed by atoms with Gasteiger partial charge < -0.3 is 10.6 Å². The summed E-state index contributed by atoms with van der Waals surface area (Å²) in [6, 6.07) is 3.14. The molecule has 0 saturated heterocycles. The Kier molecular flexibility index (Phi) is 4.03. The lowest BCUT2D eigenvalue weighted by Crippen LogP contribution is -2.34. The van der Waals surface area contributed by atoms with Gasteiger partial charge in [0.15, 0.2) is 0 Å². The van der Waals surface area contributed by atoms with Crippen LogP contribution in [0.3, 0.4) is 0 Å². The summed E-state index contributed by atoms with van der Waals surface area (Å²) in [5.41, 5.74) is 6.45. The highest BCUT2D eigenvalue weighted by atomic mass is 35.5. The van der Waals surface area contributed by atoms with Crippen molar-refractivity contribution in [3.05, 3.63) is 27.7 Å². The van der Waals surface area contributed by atoms with E-state index in [0.717, 1.165) is 6.54 Å². The lowest BCUT2D eigenvalue weighted by atomic mass is 9.85. The van der Waals surface area contributed by atoms with Gasteiger partial charge in [0.1, 0.15) is 0 Å². The first-order valence-corrected chi connectivity index (χ1v) is 6.74. The van der Waals surface area contributed by atoms with Crippen molar-refractivity contribution in [1.82, 2.24) is 4.90 Å². The van der Waals surface area contributed by atoms with Gasteiger partial charge >= 0.3 is 0 Å². The first kappa shape index (κ1) is 13.5. The SMILES string of the molecule is CN(CC1CCC1)C(=O)c1cc(Cl)c(N)c(Cl)c1. The maximum atomic E-state index is 12.2. The van der Waals surface area contributed by atoms with Crippen molar-refractivity contribution >= 4 is 34.8 Å². The van der Waals surface area contributed by atoms with Crippen molar-refractivity contribution in [1.29, 1.82) is 0 Å². The quantitative estimate of drug-likeness (QED) is 0.865. The molecule has 0 spiro atoms. The molecule has 1 aromatic carbocycles. The van der Waals surface area contributed by atoms with Crippen LogP contribution in [0.25, 0.3) is 0 Å². The third kappa shape index (κ3) is 2.73. The van der Waals surface area contributed by atoms with E-state index in [1.54, 1.807) is 24.1 Å². The standard InChI is InChI=1S/C13H16Cl2N2O/c1-17(7-8-3-2-4-8)13(18)9-5-10(14)12(16)11(15)6-9/h5-6,8H,2-4,7,16H2,1H3. The van der Waals surface area contributed by atoms with Crippen LogP contribution in [0.5, 0.6) is 0 Å². The Bertz CT molecular complexity index is 449. The normalized spacial score (nSPS) is 15.3. The molecule has 1 saturated carbocycles. The fraction of sp³-hybridized carbons (Fsp3) is 0.462. The molecule has 0 aliphatic heterocycles. The average molecular weight is 287 g/mol. The highest BCUT2D eigenvalue weighted by Gasteiger charge is 2.22. The summed E-state index contributed by atoms with van der Waals surface area (Å²) in [5, 5.41) is 0.644. The van der Waals surface area contributed by atoms with Crippen LogP contribution < -0.4 is 5.73 Å². The van der Waals surface area contributed by atoms with Crippen molar-refractivity contribution < 1.29 is 4.79 Å². The minimum absolute atomic E-state index is 0.0642. The minimum atomic E-state index is -0.0642. The summed E-state index contributed by atoms with van der Waals surface area (Å²) in [7, 11) is 1.80. The predicted octanol–water partition coefficient (Wildman–Crippen LogP) is 3.45. The van der Waals surface area contributed by atoms with Gasteiger partial charge in [-0.15, -0.1) is 0 Å². The third-order valence-electron chi connectivity index (χ3n) is 3.43. The van der Waals surface area contributed by atoms with Crippen LogP contribution in [0.4, 0.5) is 5.69 Å². The molecule has 0 unspecified atom stereocenters. The van der Waals surface area contributed by atoms with Gasteiger partial charge in [0.05, 0.1) is 15.7 Å². The topological polar surface area (TPSA) is 46.3 Å². The number of rotatable bonds is 3. The van der Waals surface area contributed by atoms with E-state index in [1.165, 1.54) is 19.3 Å². The van der Waals surface area contributed by atoms with Crippen LogP contribution in [0.1, 0.15) is 29.6 Å². The molecular formula is C13H16Cl2N2O. The maximum Gasteiger partial charge on any atom is 0.253 e. The number of nitrogens with zero attached hydrogens (tertiary/aromatic N) is 1. The summed E-state index contributed by atoms with van der Waals surface area (Å²) in [5.74, 6) is 0.573. The maximum absolute atomic E-state index is 12.2. The van der Waals surface area contributed by atoms with Crippen LogP contribution in [0.2, 0.25) is 10.0 Å². The fourth-order valence-corrected chi connectivity index (χ4v) is 2.56. The van der Waals surface area contributed by atoms with Crippen molar-refractivity contribution in [3.8, 4) is 0 Å². The van der Waals surface area contributed by atoms with E-state index in [0.29, 0.717) is 27.2 Å². The molecule has 3 nitrogen and oxygen atoms in total. The van der Waals surface area contributed by atoms with Gasteiger partial charge in [-0.3, -0.25) is 4.79 Å². The number of nitrogens with two attached hydrogens (primary N) is 1. The number of benzene rings is 1. The van der Waals surface area contributed by atoms with Gasteiger partial charge in [0.25, 0.3) is 5.91 Å². The smallest absolute Gasteiger partial charge is 0.253 e. The molecule has 5 heteroatoms. The molecule has 1 fully saturated rings. The number of anilines is 1. The fourth-order valence-electron chi connectivity index (χ4n) is 2.07. The molecule has 18 heavy (non-hydrogen) atoms. The number of halogens is 2. The minimum Gasteiger partial charge on any atom is -0.396 e. The molecule has 1 amide bonds. The zero-order valence-corrected chi connectivity index (χ0v) is 11.8. The molecular weight excluding hydrogens is 271 g/mol. The van der Waals surface area contributed by atoms with Crippen molar-refractivity contribution in [2.24, 2.45) is 5.92 Å². The van der Waals surface area contributed by atoms with E-state index in [-0.39, 0.29) is 5.91 Å². The molecule has 98 valence electrons. The molecule has 0 atom stereocenters. The zero-order valence-electron chi connectivity index (χ0n) is 10.2. The van der Waals surface area contributed by atoms with Gasteiger partial charge in [0.2, 0.25) is 0 Å². The van der Waals surface area contributed by atoms with Crippen LogP contribution in [-0.4, -0.2) is 24.4 Å². The van der Waals surface area contributed by atoms with Crippen LogP contribution in [-0.2, 0) is 0 Å². The molecule has 1 aliphatic carbocycles. The molecule has 1 aliphatic rings.